The number of fused-ring (bicyclic) bond motifs is 3. The molecule has 37 heavy (non-hydrogen) atoms. The van der Waals surface area contributed by atoms with Crippen LogP contribution >= 0.6 is 0 Å². The van der Waals surface area contributed by atoms with E-state index in [1.54, 1.807) is 13.0 Å². The Bertz CT molecular complexity index is 1230. The van der Waals surface area contributed by atoms with Crippen molar-refractivity contribution >= 4 is 16.6 Å². The fraction of sp³-hybridized carbons (Fsp3) is 0.462. The molecule has 1 saturated heterocycles. The van der Waals surface area contributed by atoms with Gasteiger partial charge >= 0.3 is 6.18 Å². The number of nitrogens with one attached hydrogen (secondary N) is 2. The zero-order valence-corrected chi connectivity index (χ0v) is 20.2. The molecule has 3 aromatic rings. The fourth-order valence-corrected chi connectivity index (χ4v) is 5.35. The maximum Gasteiger partial charge on any atom is 0.413 e. The van der Waals surface area contributed by atoms with Crippen molar-refractivity contribution in [1.82, 2.24) is 14.9 Å². The van der Waals surface area contributed by atoms with Crippen molar-refractivity contribution in [3.05, 3.63) is 64.9 Å². The van der Waals surface area contributed by atoms with Gasteiger partial charge < -0.3 is 10.3 Å². The molecule has 200 valence electrons. The summed E-state index contributed by atoms with van der Waals surface area (Å²) in [5.74, 6) is -1.78. The second-order valence-electron chi connectivity index (χ2n) is 9.76. The molecule has 2 aromatic carbocycles. The van der Waals surface area contributed by atoms with Crippen molar-refractivity contribution < 1.29 is 31.2 Å². The lowest BCUT2D eigenvalue weighted by Crippen LogP contribution is -2.54. The van der Waals surface area contributed by atoms with E-state index in [4.69, 9.17) is 4.84 Å². The minimum atomic E-state index is -4.61. The highest BCUT2D eigenvalue weighted by Crippen LogP contribution is 2.43. The van der Waals surface area contributed by atoms with Crippen LogP contribution in [0.2, 0.25) is 0 Å². The Balaban J connectivity index is 1.48. The standard InChI is InChI=1S/C26H28F6N4O/c1-15-9-19-18-5-2-3-6-22(18)34-24(19)25(36(15)37-14-26(30,31)32)23-20(28)10-16(11-21(23)29)33-17-12-35(13-17)8-4-7-27/h2-3,5-6,10-11,15,17,25,33-34H,4,7-9,12-14H2,1H3. The van der Waals surface area contributed by atoms with Crippen LogP contribution in [-0.4, -0.2) is 66.1 Å². The smallest absolute Gasteiger partial charge is 0.380 e. The summed E-state index contributed by atoms with van der Waals surface area (Å²) in [6.45, 7) is 1.58. The van der Waals surface area contributed by atoms with Crippen molar-refractivity contribution in [1.29, 1.82) is 0 Å². The van der Waals surface area contributed by atoms with Crippen molar-refractivity contribution in [2.45, 2.75) is 44.1 Å². The highest BCUT2D eigenvalue weighted by atomic mass is 19.4. The number of hydroxylamine groups is 2. The first-order chi connectivity index (χ1) is 17.6. The zero-order chi connectivity index (χ0) is 26.3. The predicted molar refractivity (Wildman–Crippen MR) is 128 cm³/mol. The van der Waals surface area contributed by atoms with Crippen LogP contribution in [0, 0.1) is 11.6 Å². The number of nitrogens with zero attached hydrogens (tertiary/aromatic N) is 2. The molecule has 5 rings (SSSR count). The van der Waals surface area contributed by atoms with Crippen LogP contribution in [-0.2, 0) is 11.3 Å². The van der Waals surface area contributed by atoms with Gasteiger partial charge in [-0.1, -0.05) is 18.2 Å². The number of alkyl halides is 4. The van der Waals surface area contributed by atoms with Gasteiger partial charge in [-0.3, -0.25) is 14.1 Å². The van der Waals surface area contributed by atoms with E-state index in [0.717, 1.165) is 33.7 Å². The highest BCUT2D eigenvalue weighted by molar-refractivity contribution is 5.85. The lowest BCUT2D eigenvalue weighted by atomic mass is 9.89. The first kappa shape index (κ1) is 25.9. The maximum atomic E-state index is 15.6. The fourth-order valence-electron chi connectivity index (χ4n) is 5.35. The third-order valence-electron chi connectivity index (χ3n) is 6.97. The lowest BCUT2D eigenvalue weighted by molar-refractivity contribution is -0.277. The van der Waals surface area contributed by atoms with E-state index in [-0.39, 0.29) is 17.3 Å². The SMILES string of the molecule is CC1Cc2c([nH]c3ccccc23)C(c2c(F)cc(NC3CN(CCCF)C3)cc2F)N1OCC(F)(F)F. The van der Waals surface area contributed by atoms with E-state index >= 15 is 8.78 Å². The van der Waals surface area contributed by atoms with Crippen molar-refractivity contribution in [2.24, 2.45) is 0 Å². The molecule has 0 bridgehead atoms. The number of likely N-dealkylation sites (tertiary alicyclic amines) is 1. The third kappa shape index (κ3) is 5.30. The molecule has 0 saturated carbocycles. The van der Waals surface area contributed by atoms with E-state index in [1.807, 2.05) is 23.1 Å². The summed E-state index contributed by atoms with van der Waals surface area (Å²) in [5, 5.41) is 4.99. The summed E-state index contributed by atoms with van der Waals surface area (Å²) in [6, 6.07) is 7.78. The van der Waals surface area contributed by atoms with Crippen molar-refractivity contribution in [2.75, 3.05) is 38.2 Å². The number of para-hydroxylation sites is 1. The van der Waals surface area contributed by atoms with Gasteiger partial charge in [-0.15, -0.1) is 0 Å². The first-order valence-corrected chi connectivity index (χ1v) is 12.3. The molecule has 2 N–H and O–H groups in total. The Labute approximate surface area is 210 Å². The third-order valence-corrected chi connectivity index (χ3v) is 6.97. The van der Waals surface area contributed by atoms with Crippen LogP contribution in [0.15, 0.2) is 36.4 Å². The molecular formula is C26H28F6N4O. The predicted octanol–water partition coefficient (Wildman–Crippen LogP) is 5.73. The molecule has 1 aromatic heterocycles. The molecule has 2 aliphatic rings. The zero-order valence-electron chi connectivity index (χ0n) is 20.2. The Hall–Kier alpha value is -2.76. The highest BCUT2D eigenvalue weighted by Gasteiger charge is 2.42. The topological polar surface area (TPSA) is 43.5 Å². The molecular weight excluding hydrogens is 498 g/mol. The number of rotatable bonds is 8. The molecule has 2 aliphatic heterocycles. The van der Waals surface area contributed by atoms with E-state index in [0.29, 0.717) is 38.2 Å². The van der Waals surface area contributed by atoms with E-state index < -0.39 is 43.2 Å². The minimum Gasteiger partial charge on any atom is -0.380 e. The summed E-state index contributed by atoms with van der Waals surface area (Å²) < 4.78 is 82.7. The average molecular weight is 527 g/mol. The van der Waals surface area contributed by atoms with Gasteiger partial charge in [0, 0.05) is 53.5 Å². The summed E-state index contributed by atoms with van der Waals surface area (Å²) in [4.78, 5) is 10.4. The molecule has 5 nitrogen and oxygen atoms in total. The van der Waals surface area contributed by atoms with Crippen LogP contribution in [0.5, 0.6) is 0 Å². The van der Waals surface area contributed by atoms with E-state index in [1.165, 1.54) is 0 Å². The van der Waals surface area contributed by atoms with Crippen LogP contribution in [0.25, 0.3) is 10.9 Å². The van der Waals surface area contributed by atoms with Crippen LogP contribution in [0.4, 0.5) is 32.0 Å². The number of benzene rings is 2. The Morgan fingerprint density at radius 1 is 1.11 bits per heavy atom. The van der Waals surface area contributed by atoms with Gasteiger partial charge in [-0.05, 0) is 43.5 Å². The van der Waals surface area contributed by atoms with Gasteiger partial charge in [0.05, 0.1) is 12.7 Å². The van der Waals surface area contributed by atoms with Crippen LogP contribution in [0.1, 0.15) is 36.2 Å². The summed E-state index contributed by atoms with van der Waals surface area (Å²) in [6.07, 6.45) is -3.83. The molecule has 0 spiro atoms. The van der Waals surface area contributed by atoms with E-state index in [9.17, 15) is 17.6 Å². The monoisotopic (exact) mass is 526 g/mol. The molecule has 3 heterocycles. The number of hydrogen-bond donors (Lipinski definition) is 2. The first-order valence-electron chi connectivity index (χ1n) is 12.3. The lowest BCUT2D eigenvalue weighted by Gasteiger charge is -2.41. The molecule has 11 heteroatoms. The van der Waals surface area contributed by atoms with E-state index in [2.05, 4.69) is 10.3 Å². The molecule has 2 atom stereocenters. The number of hydrogen-bond acceptors (Lipinski definition) is 4. The number of H-pyrrole nitrogens is 1. The Kier molecular flexibility index (Phi) is 7.12. The number of anilines is 1. The number of halogens is 6. The van der Waals surface area contributed by atoms with Gasteiger partial charge in [-0.2, -0.15) is 18.2 Å². The molecule has 0 radical (unpaired) electrons. The van der Waals surface area contributed by atoms with Crippen LogP contribution < -0.4 is 5.32 Å². The second kappa shape index (κ2) is 10.2. The molecule has 2 unspecified atom stereocenters. The van der Waals surface area contributed by atoms with Crippen molar-refractivity contribution in [3.8, 4) is 0 Å². The second-order valence-corrected chi connectivity index (χ2v) is 9.76. The Morgan fingerprint density at radius 2 is 1.81 bits per heavy atom. The van der Waals surface area contributed by atoms with Gasteiger partial charge in [0.2, 0.25) is 0 Å². The summed E-state index contributed by atoms with van der Waals surface area (Å²) in [7, 11) is 0. The van der Waals surface area contributed by atoms with Gasteiger partial charge in [0.1, 0.15) is 17.7 Å². The van der Waals surface area contributed by atoms with Crippen molar-refractivity contribution in [3.63, 3.8) is 0 Å². The number of aromatic amines is 1. The van der Waals surface area contributed by atoms with Gasteiger partial charge in [-0.25, -0.2) is 8.78 Å². The average Bonchev–Trinajstić information content (AvgIpc) is 3.17. The number of aromatic nitrogens is 1. The van der Waals surface area contributed by atoms with Crippen LogP contribution in [0.3, 0.4) is 0 Å². The maximum absolute atomic E-state index is 15.6. The van der Waals surface area contributed by atoms with Gasteiger partial charge in [0.15, 0.2) is 6.61 Å². The normalized spacial score (nSPS) is 21.3. The molecule has 0 aliphatic carbocycles. The Morgan fingerprint density at radius 3 is 2.49 bits per heavy atom. The largest absolute Gasteiger partial charge is 0.413 e. The minimum absolute atomic E-state index is 0.0362. The summed E-state index contributed by atoms with van der Waals surface area (Å²) >= 11 is 0. The quantitative estimate of drug-likeness (QED) is 0.368. The molecule has 1 fully saturated rings. The molecule has 0 amide bonds. The van der Waals surface area contributed by atoms with Gasteiger partial charge in [0.25, 0.3) is 0 Å². The summed E-state index contributed by atoms with van der Waals surface area (Å²) in [5.41, 5.74) is 1.78.